The minimum atomic E-state index is 0.550. The molecule has 1 unspecified atom stereocenters. The standard InChI is InChI=1S/C17H32BrN3/c1-5-7-8-9-10-11-12-15(19-4)13-16-17(18)14(3)20-21(16)6-2/h15,19H,5-13H2,1-4H3. The number of hydrogen-bond donors (Lipinski definition) is 1. The van der Waals surface area contributed by atoms with Gasteiger partial charge in [0.15, 0.2) is 0 Å². The highest BCUT2D eigenvalue weighted by Gasteiger charge is 2.16. The average molecular weight is 358 g/mol. The summed E-state index contributed by atoms with van der Waals surface area (Å²) in [5.74, 6) is 0. The van der Waals surface area contributed by atoms with E-state index in [1.807, 2.05) is 0 Å². The van der Waals surface area contributed by atoms with Crippen LogP contribution in [-0.2, 0) is 13.0 Å². The van der Waals surface area contributed by atoms with Crippen LogP contribution in [0.4, 0.5) is 0 Å². The molecule has 1 atom stereocenters. The van der Waals surface area contributed by atoms with E-state index in [1.54, 1.807) is 0 Å². The monoisotopic (exact) mass is 357 g/mol. The molecule has 0 bridgehead atoms. The minimum absolute atomic E-state index is 0.550. The van der Waals surface area contributed by atoms with Crippen molar-refractivity contribution < 1.29 is 0 Å². The Morgan fingerprint density at radius 3 is 2.43 bits per heavy atom. The summed E-state index contributed by atoms with van der Waals surface area (Å²) in [5.41, 5.74) is 2.43. The van der Waals surface area contributed by atoms with Crippen molar-refractivity contribution in [2.45, 2.75) is 84.7 Å². The third kappa shape index (κ3) is 6.11. The largest absolute Gasteiger partial charge is 0.317 e. The van der Waals surface area contributed by atoms with Crippen LogP contribution in [0.1, 0.15) is 70.2 Å². The van der Waals surface area contributed by atoms with E-state index in [-0.39, 0.29) is 0 Å². The predicted molar refractivity (Wildman–Crippen MR) is 94.9 cm³/mol. The molecule has 1 rings (SSSR count). The van der Waals surface area contributed by atoms with E-state index >= 15 is 0 Å². The predicted octanol–water partition coefficient (Wildman–Crippen LogP) is 4.86. The van der Waals surface area contributed by atoms with Gasteiger partial charge >= 0.3 is 0 Å². The maximum absolute atomic E-state index is 4.59. The summed E-state index contributed by atoms with van der Waals surface area (Å²) in [6.45, 7) is 7.44. The van der Waals surface area contributed by atoms with E-state index in [1.165, 1.54) is 55.1 Å². The van der Waals surface area contributed by atoms with Gasteiger partial charge in [-0.2, -0.15) is 5.10 Å². The van der Waals surface area contributed by atoms with Crippen molar-refractivity contribution in [3.63, 3.8) is 0 Å². The van der Waals surface area contributed by atoms with Gasteiger partial charge in [0.1, 0.15) is 0 Å². The van der Waals surface area contributed by atoms with Crippen LogP contribution < -0.4 is 5.32 Å². The average Bonchev–Trinajstić information content (AvgIpc) is 2.76. The van der Waals surface area contributed by atoms with E-state index < -0.39 is 0 Å². The van der Waals surface area contributed by atoms with Crippen LogP contribution in [0, 0.1) is 6.92 Å². The number of aromatic nitrogens is 2. The lowest BCUT2D eigenvalue weighted by Crippen LogP contribution is -2.28. The number of nitrogens with zero attached hydrogens (tertiary/aromatic N) is 2. The summed E-state index contributed by atoms with van der Waals surface area (Å²) >= 11 is 3.70. The van der Waals surface area contributed by atoms with Gasteiger partial charge in [-0.05, 0) is 43.2 Å². The molecule has 1 aromatic heterocycles. The summed E-state index contributed by atoms with van der Waals surface area (Å²) < 4.78 is 3.32. The molecule has 3 nitrogen and oxygen atoms in total. The molecule has 0 fully saturated rings. The Morgan fingerprint density at radius 1 is 1.14 bits per heavy atom. The van der Waals surface area contributed by atoms with Gasteiger partial charge in [-0.1, -0.05) is 45.4 Å². The first-order valence-corrected chi connectivity index (χ1v) is 9.32. The summed E-state index contributed by atoms with van der Waals surface area (Å²) in [6, 6.07) is 0.550. The van der Waals surface area contributed by atoms with Crippen molar-refractivity contribution in [2.75, 3.05) is 7.05 Å². The highest BCUT2D eigenvalue weighted by atomic mass is 79.9. The van der Waals surface area contributed by atoms with Crippen LogP contribution in [0.2, 0.25) is 0 Å². The van der Waals surface area contributed by atoms with Crippen molar-refractivity contribution in [2.24, 2.45) is 0 Å². The number of hydrogen-bond acceptors (Lipinski definition) is 2. The SMILES string of the molecule is CCCCCCCCC(Cc1c(Br)c(C)nn1CC)NC. The molecule has 0 aliphatic heterocycles. The van der Waals surface area contributed by atoms with Gasteiger partial charge in [-0.25, -0.2) is 0 Å². The molecule has 4 heteroatoms. The van der Waals surface area contributed by atoms with Crippen LogP contribution in [0.15, 0.2) is 4.47 Å². The lowest BCUT2D eigenvalue weighted by atomic mass is 10.0. The smallest absolute Gasteiger partial charge is 0.0738 e. The molecule has 0 aliphatic carbocycles. The lowest BCUT2D eigenvalue weighted by Gasteiger charge is -2.17. The Labute approximate surface area is 139 Å². The first-order valence-electron chi connectivity index (χ1n) is 8.53. The van der Waals surface area contributed by atoms with Gasteiger partial charge in [-0.3, -0.25) is 4.68 Å². The summed E-state index contributed by atoms with van der Waals surface area (Å²) in [5, 5.41) is 8.07. The number of nitrogens with one attached hydrogen (secondary N) is 1. The van der Waals surface area contributed by atoms with Gasteiger partial charge < -0.3 is 5.32 Å². The maximum Gasteiger partial charge on any atom is 0.0738 e. The molecule has 0 saturated carbocycles. The quantitative estimate of drug-likeness (QED) is 0.573. The zero-order valence-electron chi connectivity index (χ0n) is 14.2. The molecular formula is C17H32BrN3. The highest BCUT2D eigenvalue weighted by Crippen LogP contribution is 2.23. The molecule has 1 heterocycles. The number of aryl methyl sites for hydroxylation is 2. The molecule has 1 aromatic rings. The Morgan fingerprint density at radius 2 is 1.81 bits per heavy atom. The van der Waals surface area contributed by atoms with Crippen molar-refractivity contribution in [3.8, 4) is 0 Å². The molecule has 0 radical (unpaired) electrons. The number of unbranched alkanes of at least 4 members (excludes halogenated alkanes) is 5. The van der Waals surface area contributed by atoms with E-state index in [4.69, 9.17) is 0 Å². The van der Waals surface area contributed by atoms with E-state index in [0.29, 0.717) is 6.04 Å². The minimum Gasteiger partial charge on any atom is -0.317 e. The molecule has 0 aliphatic rings. The maximum atomic E-state index is 4.59. The van der Waals surface area contributed by atoms with E-state index in [0.717, 1.165) is 18.7 Å². The molecule has 0 saturated heterocycles. The van der Waals surface area contributed by atoms with Crippen LogP contribution >= 0.6 is 15.9 Å². The molecule has 21 heavy (non-hydrogen) atoms. The Balaban J connectivity index is 2.43. The Hall–Kier alpha value is -0.350. The zero-order valence-corrected chi connectivity index (χ0v) is 15.8. The van der Waals surface area contributed by atoms with E-state index in [2.05, 4.69) is 58.8 Å². The summed E-state index contributed by atoms with van der Waals surface area (Å²) in [6.07, 6.45) is 10.5. The third-order valence-corrected chi connectivity index (χ3v) is 5.24. The molecule has 122 valence electrons. The molecular weight excluding hydrogens is 326 g/mol. The Kier molecular flexibility index (Phi) is 9.25. The fourth-order valence-electron chi connectivity index (χ4n) is 2.82. The summed E-state index contributed by atoms with van der Waals surface area (Å²) in [4.78, 5) is 0. The number of rotatable bonds is 11. The topological polar surface area (TPSA) is 29.9 Å². The van der Waals surface area contributed by atoms with Crippen LogP contribution in [-0.4, -0.2) is 22.9 Å². The fraction of sp³-hybridized carbons (Fsp3) is 0.824. The van der Waals surface area contributed by atoms with Gasteiger partial charge in [0, 0.05) is 19.0 Å². The van der Waals surface area contributed by atoms with Crippen LogP contribution in [0.5, 0.6) is 0 Å². The second kappa shape index (κ2) is 10.4. The van der Waals surface area contributed by atoms with Gasteiger partial charge in [0.2, 0.25) is 0 Å². The lowest BCUT2D eigenvalue weighted by molar-refractivity contribution is 0.464. The Bertz CT molecular complexity index is 401. The number of likely N-dealkylation sites (N-methyl/N-ethyl adjacent to an activating group) is 1. The zero-order chi connectivity index (χ0) is 15.7. The molecule has 0 aromatic carbocycles. The van der Waals surface area contributed by atoms with Crippen LogP contribution in [0.3, 0.4) is 0 Å². The summed E-state index contributed by atoms with van der Waals surface area (Å²) in [7, 11) is 2.08. The van der Waals surface area contributed by atoms with E-state index in [9.17, 15) is 0 Å². The number of halogens is 1. The van der Waals surface area contributed by atoms with Gasteiger partial charge in [0.05, 0.1) is 15.9 Å². The molecule has 0 amide bonds. The van der Waals surface area contributed by atoms with Crippen molar-refractivity contribution in [1.29, 1.82) is 0 Å². The second-order valence-corrected chi connectivity index (χ2v) is 6.70. The third-order valence-electron chi connectivity index (χ3n) is 4.21. The van der Waals surface area contributed by atoms with Crippen LogP contribution in [0.25, 0.3) is 0 Å². The molecule has 0 spiro atoms. The van der Waals surface area contributed by atoms with Crippen molar-refractivity contribution in [3.05, 3.63) is 15.9 Å². The van der Waals surface area contributed by atoms with Crippen molar-refractivity contribution in [1.82, 2.24) is 15.1 Å². The first kappa shape index (κ1) is 18.7. The van der Waals surface area contributed by atoms with Gasteiger partial charge in [0.25, 0.3) is 0 Å². The van der Waals surface area contributed by atoms with Gasteiger partial charge in [-0.15, -0.1) is 0 Å². The second-order valence-electron chi connectivity index (χ2n) is 5.91. The van der Waals surface area contributed by atoms with Crippen molar-refractivity contribution >= 4 is 15.9 Å². The first-order chi connectivity index (χ1) is 10.1. The fourth-order valence-corrected chi connectivity index (χ4v) is 3.26. The molecule has 1 N–H and O–H groups in total. The normalized spacial score (nSPS) is 12.8. The highest BCUT2D eigenvalue weighted by molar-refractivity contribution is 9.10.